The number of benzene rings is 2. The van der Waals surface area contributed by atoms with Gasteiger partial charge >= 0.3 is 0 Å². The number of halogens is 1. The molecule has 208 valence electrons. The van der Waals surface area contributed by atoms with Crippen LogP contribution in [0.5, 0.6) is 11.6 Å². The van der Waals surface area contributed by atoms with Crippen LogP contribution in [0.25, 0.3) is 22.0 Å². The van der Waals surface area contributed by atoms with Crippen LogP contribution in [0, 0.1) is 18.2 Å². The van der Waals surface area contributed by atoms with Gasteiger partial charge < -0.3 is 20.7 Å². The lowest BCUT2D eigenvalue weighted by Gasteiger charge is -2.23. The van der Waals surface area contributed by atoms with Gasteiger partial charge in [-0.1, -0.05) is 32.9 Å². The maximum absolute atomic E-state index is 15.0. The Morgan fingerprint density at radius 2 is 1.93 bits per heavy atom. The van der Waals surface area contributed by atoms with E-state index in [0.29, 0.717) is 39.6 Å². The Morgan fingerprint density at radius 3 is 2.70 bits per heavy atom. The molecule has 8 nitrogen and oxygen atoms in total. The number of nitrogens with one attached hydrogen (secondary N) is 3. The van der Waals surface area contributed by atoms with E-state index in [4.69, 9.17) is 9.72 Å². The second-order valence-electron chi connectivity index (χ2n) is 11.4. The predicted octanol–water partition coefficient (Wildman–Crippen LogP) is 6.47. The second kappa shape index (κ2) is 11.6. The highest BCUT2D eigenvalue weighted by Crippen LogP contribution is 2.39. The van der Waals surface area contributed by atoms with Gasteiger partial charge in [0.15, 0.2) is 0 Å². The molecule has 1 saturated heterocycles. The van der Waals surface area contributed by atoms with Gasteiger partial charge in [-0.05, 0) is 67.6 Å². The Bertz CT molecular complexity index is 1530. The molecule has 0 bridgehead atoms. The average molecular weight is 543 g/mol. The standard InChI is InChI=1S/C31H35FN6O2/c1-19-9-10-21-22(11-12-24(32)27(21)38-26(39)17-31(2,3)4)28(19)40-29-23(8-6-15-34-29)25-13-16-35-30(37-25)36-20-7-5-14-33-18-20/h6,8-13,15-16,20,33H,5,7,14,17-18H2,1-4H3,(H,38,39)(H,35,36,37)/t20-/m0/s1. The van der Waals surface area contributed by atoms with Crippen LogP contribution < -0.4 is 20.7 Å². The molecule has 0 spiro atoms. The fourth-order valence-corrected chi connectivity index (χ4v) is 4.89. The van der Waals surface area contributed by atoms with Crippen LogP contribution in [0.3, 0.4) is 0 Å². The van der Waals surface area contributed by atoms with Crippen molar-refractivity contribution in [2.24, 2.45) is 5.41 Å². The summed E-state index contributed by atoms with van der Waals surface area (Å²) in [5, 5.41) is 10.8. The van der Waals surface area contributed by atoms with Gasteiger partial charge in [-0.15, -0.1) is 0 Å². The zero-order valence-corrected chi connectivity index (χ0v) is 23.3. The molecular formula is C31H35FN6O2. The normalized spacial score (nSPS) is 15.6. The Labute approximate surface area is 233 Å². The molecule has 1 fully saturated rings. The van der Waals surface area contributed by atoms with Crippen molar-refractivity contribution in [1.82, 2.24) is 20.3 Å². The molecule has 5 rings (SSSR count). The number of ether oxygens (including phenoxy) is 1. The van der Waals surface area contributed by atoms with Crippen LogP contribution in [-0.2, 0) is 4.79 Å². The molecule has 4 aromatic rings. The van der Waals surface area contributed by atoms with Crippen molar-refractivity contribution in [2.45, 2.75) is 53.0 Å². The third-order valence-corrected chi connectivity index (χ3v) is 6.78. The number of aromatic nitrogens is 3. The zero-order valence-electron chi connectivity index (χ0n) is 23.3. The molecule has 1 amide bonds. The number of aryl methyl sites for hydroxylation is 1. The summed E-state index contributed by atoms with van der Waals surface area (Å²) in [5.74, 6) is 0.700. The number of hydrogen-bond acceptors (Lipinski definition) is 7. The van der Waals surface area contributed by atoms with Gasteiger partial charge in [0.25, 0.3) is 0 Å². The summed E-state index contributed by atoms with van der Waals surface area (Å²) >= 11 is 0. The van der Waals surface area contributed by atoms with E-state index in [-0.39, 0.29) is 29.5 Å². The molecular weight excluding hydrogens is 507 g/mol. The van der Waals surface area contributed by atoms with E-state index in [1.54, 1.807) is 24.5 Å². The number of amides is 1. The van der Waals surface area contributed by atoms with Crippen LogP contribution in [0.15, 0.2) is 54.9 Å². The molecule has 40 heavy (non-hydrogen) atoms. The lowest BCUT2D eigenvalue weighted by atomic mass is 9.92. The molecule has 0 aliphatic carbocycles. The summed E-state index contributed by atoms with van der Waals surface area (Å²) in [6, 6.07) is 12.5. The second-order valence-corrected chi connectivity index (χ2v) is 11.4. The van der Waals surface area contributed by atoms with E-state index in [1.165, 1.54) is 6.07 Å². The fraction of sp³-hybridized carbons (Fsp3) is 0.355. The van der Waals surface area contributed by atoms with E-state index in [1.807, 2.05) is 52.0 Å². The highest BCUT2D eigenvalue weighted by Gasteiger charge is 2.21. The molecule has 0 unspecified atom stereocenters. The number of pyridine rings is 1. The number of piperidine rings is 1. The topological polar surface area (TPSA) is 101 Å². The van der Waals surface area contributed by atoms with Crippen molar-refractivity contribution in [3.8, 4) is 22.9 Å². The van der Waals surface area contributed by atoms with E-state index in [0.717, 1.165) is 31.5 Å². The highest BCUT2D eigenvalue weighted by molar-refractivity contribution is 6.05. The first-order valence-electron chi connectivity index (χ1n) is 13.6. The van der Waals surface area contributed by atoms with Crippen molar-refractivity contribution in [2.75, 3.05) is 23.7 Å². The summed E-state index contributed by atoms with van der Waals surface area (Å²) in [6.45, 7) is 9.72. The van der Waals surface area contributed by atoms with Gasteiger partial charge in [-0.2, -0.15) is 0 Å². The lowest BCUT2D eigenvalue weighted by Crippen LogP contribution is -2.38. The quantitative estimate of drug-likeness (QED) is 0.246. The van der Waals surface area contributed by atoms with Crippen LogP contribution in [0.4, 0.5) is 16.0 Å². The number of fused-ring (bicyclic) bond motifs is 1. The Kier molecular flexibility index (Phi) is 7.93. The zero-order chi connectivity index (χ0) is 28.3. The maximum atomic E-state index is 15.0. The third kappa shape index (κ3) is 6.37. The summed E-state index contributed by atoms with van der Waals surface area (Å²) in [6.07, 6.45) is 5.80. The monoisotopic (exact) mass is 542 g/mol. The minimum absolute atomic E-state index is 0.140. The van der Waals surface area contributed by atoms with Gasteiger partial charge in [0.2, 0.25) is 17.7 Å². The summed E-state index contributed by atoms with van der Waals surface area (Å²) < 4.78 is 21.4. The molecule has 3 heterocycles. The molecule has 0 radical (unpaired) electrons. The third-order valence-electron chi connectivity index (χ3n) is 6.78. The maximum Gasteiger partial charge on any atom is 0.228 e. The fourth-order valence-electron chi connectivity index (χ4n) is 4.89. The SMILES string of the molecule is Cc1ccc2c(NC(=O)CC(C)(C)C)c(F)ccc2c1Oc1ncccc1-c1ccnc(N[C@H]2CCCNC2)n1. The summed E-state index contributed by atoms with van der Waals surface area (Å²) in [7, 11) is 0. The molecule has 2 aromatic carbocycles. The van der Waals surface area contributed by atoms with Crippen LogP contribution in [0.2, 0.25) is 0 Å². The molecule has 1 aliphatic rings. The van der Waals surface area contributed by atoms with Gasteiger partial charge in [0, 0.05) is 42.2 Å². The van der Waals surface area contributed by atoms with Gasteiger partial charge in [-0.3, -0.25) is 4.79 Å². The molecule has 1 atom stereocenters. The van der Waals surface area contributed by atoms with Gasteiger partial charge in [0.05, 0.1) is 16.9 Å². The smallest absolute Gasteiger partial charge is 0.228 e. The van der Waals surface area contributed by atoms with E-state index >= 15 is 0 Å². The first kappa shape index (κ1) is 27.5. The van der Waals surface area contributed by atoms with Crippen LogP contribution in [-0.4, -0.2) is 40.0 Å². The van der Waals surface area contributed by atoms with Crippen LogP contribution >= 0.6 is 0 Å². The number of hydrogen-bond donors (Lipinski definition) is 3. The number of carbonyl (C=O) groups is 1. The highest BCUT2D eigenvalue weighted by atomic mass is 19.1. The molecule has 2 aromatic heterocycles. The van der Waals surface area contributed by atoms with Crippen LogP contribution in [0.1, 0.15) is 45.6 Å². The first-order chi connectivity index (χ1) is 19.2. The predicted molar refractivity (Wildman–Crippen MR) is 156 cm³/mol. The van der Waals surface area contributed by atoms with Crippen molar-refractivity contribution in [1.29, 1.82) is 0 Å². The van der Waals surface area contributed by atoms with E-state index < -0.39 is 5.82 Å². The van der Waals surface area contributed by atoms with Crippen molar-refractivity contribution in [3.05, 3.63) is 66.2 Å². The summed E-state index contributed by atoms with van der Waals surface area (Å²) in [4.78, 5) is 26.4. The Balaban J connectivity index is 1.48. The Morgan fingerprint density at radius 1 is 1.10 bits per heavy atom. The minimum atomic E-state index is -0.503. The average Bonchev–Trinajstić information content (AvgIpc) is 2.92. The summed E-state index contributed by atoms with van der Waals surface area (Å²) in [5.41, 5.74) is 2.13. The van der Waals surface area contributed by atoms with E-state index in [2.05, 4.69) is 25.9 Å². The molecule has 3 N–H and O–H groups in total. The van der Waals surface area contributed by atoms with Gasteiger partial charge in [-0.25, -0.2) is 19.3 Å². The van der Waals surface area contributed by atoms with Gasteiger partial charge in [0.1, 0.15) is 11.6 Å². The molecule has 0 saturated carbocycles. The number of rotatable bonds is 7. The molecule has 9 heteroatoms. The van der Waals surface area contributed by atoms with E-state index in [9.17, 15) is 9.18 Å². The van der Waals surface area contributed by atoms with Crippen molar-refractivity contribution in [3.63, 3.8) is 0 Å². The molecule has 1 aliphatic heterocycles. The van der Waals surface area contributed by atoms with Crippen molar-refractivity contribution < 1.29 is 13.9 Å². The Hall–Kier alpha value is -4.11. The minimum Gasteiger partial charge on any atom is -0.437 e. The first-order valence-corrected chi connectivity index (χ1v) is 13.6. The van der Waals surface area contributed by atoms with Crippen molar-refractivity contribution >= 4 is 28.3 Å². The lowest BCUT2D eigenvalue weighted by molar-refractivity contribution is -0.117. The largest absolute Gasteiger partial charge is 0.437 e. The number of anilines is 2. The number of carbonyl (C=O) groups excluding carboxylic acids is 1. The number of nitrogens with zero attached hydrogens (tertiary/aromatic N) is 3.